The maximum atomic E-state index is 12.3. The number of rotatable bonds is 5. The minimum absolute atomic E-state index is 0.0148. The van der Waals surface area contributed by atoms with Crippen molar-refractivity contribution in [1.82, 2.24) is 0 Å². The van der Waals surface area contributed by atoms with Crippen LogP contribution < -0.4 is 10.5 Å². The second-order valence-electron chi connectivity index (χ2n) is 3.30. The molecule has 0 unspecified atom stereocenters. The number of halogens is 3. The number of nitrogen functional groups attached to an aromatic ring is 1. The molecule has 0 fully saturated rings. The standard InChI is InChI=1S/C11H12ClF2NO3/c1-2-17-9(16)5-6-7(12)3-4-8(15)10(6)18-11(13)14/h3-4,11H,2,5,15H2,1H3. The number of esters is 1. The Morgan fingerprint density at radius 2 is 2.17 bits per heavy atom. The highest BCUT2D eigenvalue weighted by molar-refractivity contribution is 6.31. The third-order valence-corrected chi connectivity index (χ3v) is 2.42. The van der Waals surface area contributed by atoms with Gasteiger partial charge in [0.1, 0.15) is 0 Å². The first kappa shape index (κ1) is 14.5. The van der Waals surface area contributed by atoms with Gasteiger partial charge in [0, 0.05) is 10.6 Å². The summed E-state index contributed by atoms with van der Waals surface area (Å²) in [6.07, 6.45) is -0.278. The average Bonchev–Trinajstić information content (AvgIpc) is 2.28. The predicted molar refractivity (Wildman–Crippen MR) is 62.8 cm³/mol. The van der Waals surface area contributed by atoms with Crippen LogP contribution in [0, 0.1) is 0 Å². The van der Waals surface area contributed by atoms with Crippen LogP contribution >= 0.6 is 11.6 Å². The lowest BCUT2D eigenvalue weighted by Gasteiger charge is -2.14. The fourth-order valence-corrected chi connectivity index (χ4v) is 1.59. The number of alkyl halides is 2. The summed E-state index contributed by atoms with van der Waals surface area (Å²) in [5.74, 6) is -0.880. The van der Waals surface area contributed by atoms with E-state index < -0.39 is 12.6 Å². The fourth-order valence-electron chi connectivity index (χ4n) is 1.37. The third-order valence-electron chi connectivity index (χ3n) is 2.07. The number of ether oxygens (including phenoxy) is 2. The van der Waals surface area contributed by atoms with E-state index in [4.69, 9.17) is 22.1 Å². The Morgan fingerprint density at radius 1 is 1.50 bits per heavy atom. The summed E-state index contributed by atoms with van der Waals surface area (Å²) in [4.78, 5) is 11.3. The molecule has 1 aromatic rings. The molecule has 0 spiro atoms. The maximum Gasteiger partial charge on any atom is 0.387 e. The summed E-state index contributed by atoms with van der Waals surface area (Å²) in [7, 11) is 0. The van der Waals surface area contributed by atoms with Gasteiger partial charge in [0.05, 0.1) is 18.7 Å². The first-order chi connectivity index (χ1) is 8.45. The van der Waals surface area contributed by atoms with Crippen molar-refractivity contribution in [1.29, 1.82) is 0 Å². The van der Waals surface area contributed by atoms with E-state index in [0.29, 0.717) is 0 Å². The minimum Gasteiger partial charge on any atom is -0.466 e. The zero-order valence-electron chi connectivity index (χ0n) is 9.58. The zero-order valence-corrected chi connectivity index (χ0v) is 10.3. The highest BCUT2D eigenvalue weighted by Gasteiger charge is 2.19. The van der Waals surface area contributed by atoms with Crippen molar-refractivity contribution in [2.75, 3.05) is 12.3 Å². The van der Waals surface area contributed by atoms with E-state index in [2.05, 4.69) is 4.74 Å². The molecule has 0 aromatic heterocycles. The van der Waals surface area contributed by atoms with Crippen LogP contribution in [0.25, 0.3) is 0 Å². The molecule has 18 heavy (non-hydrogen) atoms. The quantitative estimate of drug-likeness (QED) is 0.665. The largest absolute Gasteiger partial charge is 0.466 e. The maximum absolute atomic E-state index is 12.3. The number of benzene rings is 1. The molecule has 0 aliphatic rings. The van der Waals surface area contributed by atoms with Crippen LogP contribution in [0.3, 0.4) is 0 Å². The van der Waals surface area contributed by atoms with E-state index in [-0.39, 0.29) is 35.1 Å². The molecule has 1 aromatic carbocycles. The minimum atomic E-state index is -3.05. The van der Waals surface area contributed by atoms with Crippen LogP contribution in [0.1, 0.15) is 12.5 Å². The molecule has 1 rings (SSSR count). The molecular weight excluding hydrogens is 268 g/mol. The summed E-state index contributed by atoms with van der Waals surface area (Å²) in [5, 5.41) is 0.118. The van der Waals surface area contributed by atoms with Gasteiger partial charge < -0.3 is 15.2 Å². The molecule has 0 amide bonds. The van der Waals surface area contributed by atoms with E-state index in [0.717, 1.165) is 0 Å². The molecule has 0 heterocycles. The van der Waals surface area contributed by atoms with Crippen molar-refractivity contribution in [3.05, 3.63) is 22.7 Å². The number of hydrogen-bond acceptors (Lipinski definition) is 4. The van der Waals surface area contributed by atoms with E-state index in [9.17, 15) is 13.6 Å². The van der Waals surface area contributed by atoms with Gasteiger partial charge in [-0.15, -0.1) is 0 Å². The highest BCUT2D eigenvalue weighted by atomic mass is 35.5. The average molecular weight is 280 g/mol. The fraction of sp³-hybridized carbons (Fsp3) is 0.364. The molecule has 0 radical (unpaired) electrons. The van der Waals surface area contributed by atoms with Gasteiger partial charge in [0.2, 0.25) is 0 Å². The van der Waals surface area contributed by atoms with Crippen molar-refractivity contribution in [2.45, 2.75) is 20.0 Å². The predicted octanol–water partition coefficient (Wildman–Crippen LogP) is 2.63. The van der Waals surface area contributed by atoms with Crippen molar-refractivity contribution >= 4 is 23.3 Å². The number of hydrogen-bond donors (Lipinski definition) is 1. The lowest BCUT2D eigenvalue weighted by Crippen LogP contribution is -2.12. The van der Waals surface area contributed by atoms with Crippen LogP contribution in [0.15, 0.2) is 12.1 Å². The molecule has 2 N–H and O–H groups in total. The Hall–Kier alpha value is -1.56. The van der Waals surface area contributed by atoms with Crippen LogP contribution in [0.2, 0.25) is 5.02 Å². The highest BCUT2D eigenvalue weighted by Crippen LogP contribution is 2.34. The van der Waals surface area contributed by atoms with Gasteiger partial charge in [-0.3, -0.25) is 4.79 Å². The van der Waals surface area contributed by atoms with E-state index in [1.165, 1.54) is 12.1 Å². The summed E-state index contributed by atoms with van der Waals surface area (Å²) >= 11 is 5.84. The third kappa shape index (κ3) is 3.73. The number of carbonyl (C=O) groups excluding carboxylic acids is 1. The van der Waals surface area contributed by atoms with Crippen LogP contribution in [-0.2, 0) is 16.0 Å². The van der Waals surface area contributed by atoms with Gasteiger partial charge in [-0.05, 0) is 19.1 Å². The van der Waals surface area contributed by atoms with E-state index in [1.54, 1.807) is 6.92 Å². The Balaban J connectivity index is 3.06. The lowest BCUT2D eigenvalue weighted by molar-refractivity contribution is -0.142. The number of anilines is 1. The van der Waals surface area contributed by atoms with Gasteiger partial charge in [-0.2, -0.15) is 8.78 Å². The molecule has 0 atom stereocenters. The second kappa shape index (κ2) is 6.39. The van der Waals surface area contributed by atoms with Crippen LogP contribution in [-0.4, -0.2) is 19.2 Å². The zero-order chi connectivity index (χ0) is 13.7. The summed E-state index contributed by atoms with van der Waals surface area (Å²) < 4.78 is 33.5. The molecule has 0 saturated carbocycles. The molecule has 0 aliphatic carbocycles. The van der Waals surface area contributed by atoms with Gasteiger partial charge in [-0.1, -0.05) is 11.6 Å². The Labute approximate surface area is 108 Å². The molecular formula is C11H12ClF2NO3. The van der Waals surface area contributed by atoms with Crippen molar-refractivity contribution in [3.63, 3.8) is 0 Å². The summed E-state index contributed by atoms with van der Waals surface area (Å²) in [6, 6.07) is 2.73. The Bertz CT molecular complexity index is 441. The summed E-state index contributed by atoms with van der Waals surface area (Å²) in [6.45, 7) is -1.23. The first-order valence-corrected chi connectivity index (χ1v) is 5.50. The molecule has 7 heteroatoms. The van der Waals surface area contributed by atoms with Crippen molar-refractivity contribution in [2.24, 2.45) is 0 Å². The molecule has 0 aliphatic heterocycles. The van der Waals surface area contributed by atoms with Crippen molar-refractivity contribution in [3.8, 4) is 5.75 Å². The van der Waals surface area contributed by atoms with Crippen molar-refractivity contribution < 1.29 is 23.0 Å². The van der Waals surface area contributed by atoms with Crippen LogP contribution in [0.5, 0.6) is 5.75 Å². The summed E-state index contributed by atoms with van der Waals surface area (Å²) in [5.41, 5.74) is 5.60. The second-order valence-corrected chi connectivity index (χ2v) is 3.71. The van der Waals surface area contributed by atoms with E-state index >= 15 is 0 Å². The molecule has 0 saturated heterocycles. The van der Waals surface area contributed by atoms with Gasteiger partial charge in [-0.25, -0.2) is 0 Å². The Morgan fingerprint density at radius 3 is 2.72 bits per heavy atom. The van der Waals surface area contributed by atoms with Gasteiger partial charge in [0.15, 0.2) is 5.75 Å². The van der Waals surface area contributed by atoms with E-state index in [1.807, 2.05) is 0 Å². The Kier molecular flexibility index (Phi) is 5.15. The number of nitrogens with two attached hydrogens (primary N) is 1. The first-order valence-electron chi connectivity index (χ1n) is 5.13. The normalized spacial score (nSPS) is 10.5. The van der Waals surface area contributed by atoms with Gasteiger partial charge >= 0.3 is 12.6 Å². The van der Waals surface area contributed by atoms with Crippen LogP contribution in [0.4, 0.5) is 14.5 Å². The molecule has 4 nitrogen and oxygen atoms in total. The number of carbonyl (C=O) groups is 1. The monoisotopic (exact) mass is 279 g/mol. The lowest BCUT2D eigenvalue weighted by atomic mass is 10.1. The van der Waals surface area contributed by atoms with Gasteiger partial charge in [0.25, 0.3) is 0 Å². The SMILES string of the molecule is CCOC(=O)Cc1c(Cl)ccc(N)c1OC(F)F. The molecule has 0 bridgehead atoms. The molecule has 100 valence electrons. The smallest absolute Gasteiger partial charge is 0.387 e. The topological polar surface area (TPSA) is 61.5 Å².